The zero-order valence-corrected chi connectivity index (χ0v) is 11.0. The SMILES string of the molecule is ClC1C=C(c2cccc3ncccc23)CCCC1. The Kier molecular flexibility index (Phi) is 3.33. The van der Waals surface area contributed by atoms with Crippen LogP contribution in [-0.2, 0) is 0 Å². The number of nitrogens with zero attached hydrogens (tertiary/aromatic N) is 1. The quantitative estimate of drug-likeness (QED) is 0.669. The van der Waals surface area contributed by atoms with Gasteiger partial charge in [0.05, 0.1) is 10.9 Å². The van der Waals surface area contributed by atoms with Gasteiger partial charge in [0, 0.05) is 11.6 Å². The second-order valence-corrected chi connectivity index (χ2v) is 5.39. The predicted octanol–water partition coefficient (Wildman–Crippen LogP) is 4.80. The average Bonchev–Trinajstić information content (AvgIpc) is 2.63. The number of aromatic nitrogens is 1. The highest BCUT2D eigenvalue weighted by Gasteiger charge is 2.13. The second kappa shape index (κ2) is 5.11. The average molecular weight is 258 g/mol. The minimum absolute atomic E-state index is 0.175. The van der Waals surface area contributed by atoms with Gasteiger partial charge in [-0.05, 0) is 42.5 Å². The van der Waals surface area contributed by atoms with E-state index in [9.17, 15) is 0 Å². The Hall–Kier alpha value is -1.34. The van der Waals surface area contributed by atoms with E-state index in [1.165, 1.54) is 29.4 Å². The fraction of sp³-hybridized carbons (Fsp3) is 0.312. The lowest BCUT2D eigenvalue weighted by atomic mass is 9.97. The molecule has 3 rings (SSSR count). The Balaban J connectivity index is 2.13. The molecule has 0 aliphatic heterocycles. The monoisotopic (exact) mass is 257 g/mol. The highest BCUT2D eigenvalue weighted by Crippen LogP contribution is 2.31. The lowest BCUT2D eigenvalue weighted by Crippen LogP contribution is -1.92. The molecule has 0 amide bonds. The van der Waals surface area contributed by atoms with E-state index in [4.69, 9.17) is 11.6 Å². The molecule has 1 aliphatic rings. The van der Waals surface area contributed by atoms with Crippen LogP contribution in [-0.4, -0.2) is 10.4 Å². The molecule has 0 radical (unpaired) electrons. The Labute approximate surface area is 112 Å². The van der Waals surface area contributed by atoms with Crippen molar-refractivity contribution in [3.8, 4) is 0 Å². The molecular weight excluding hydrogens is 242 g/mol. The van der Waals surface area contributed by atoms with E-state index in [1.54, 1.807) is 0 Å². The number of allylic oxidation sites excluding steroid dienone is 2. The molecule has 0 saturated carbocycles. The standard InChI is InChI=1S/C16H16ClN/c17-13-6-2-1-5-12(11-13)14-7-3-9-16-15(14)8-4-10-18-16/h3-4,7-11,13H,1-2,5-6H2. The molecule has 0 fully saturated rings. The van der Waals surface area contributed by atoms with Crippen LogP contribution in [0.5, 0.6) is 0 Å². The van der Waals surface area contributed by atoms with Gasteiger partial charge in [-0.15, -0.1) is 11.6 Å². The number of hydrogen-bond donors (Lipinski definition) is 0. The summed E-state index contributed by atoms with van der Waals surface area (Å²) in [4.78, 5) is 4.42. The van der Waals surface area contributed by atoms with Crippen LogP contribution in [0.1, 0.15) is 31.2 Å². The summed E-state index contributed by atoms with van der Waals surface area (Å²) in [5, 5.41) is 1.41. The summed E-state index contributed by atoms with van der Waals surface area (Å²) in [6, 6.07) is 10.5. The van der Waals surface area contributed by atoms with Crippen molar-refractivity contribution in [1.82, 2.24) is 4.98 Å². The second-order valence-electron chi connectivity index (χ2n) is 4.83. The molecule has 92 valence electrons. The van der Waals surface area contributed by atoms with E-state index in [1.807, 2.05) is 12.3 Å². The third-order valence-corrected chi connectivity index (χ3v) is 3.89. The molecule has 1 nitrogen and oxygen atoms in total. The first-order valence-corrected chi connectivity index (χ1v) is 6.97. The number of pyridine rings is 1. The maximum absolute atomic E-state index is 6.32. The molecule has 1 unspecified atom stereocenters. The molecule has 2 aromatic rings. The normalized spacial score (nSPS) is 20.5. The van der Waals surface area contributed by atoms with E-state index < -0.39 is 0 Å². The first kappa shape index (κ1) is 11.7. The fourth-order valence-corrected chi connectivity index (χ4v) is 2.95. The first-order valence-electron chi connectivity index (χ1n) is 6.53. The number of benzene rings is 1. The van der Waals surface area contributed by atoms with E-state index in [0.29, 0.717) is 0 Å². The van der Waals surface area contributed by atoms with Crippen LogP contribution < -0.4 is 0 Å². The van der Waals surface area contributed by atoms with Crippen LogP contribution in [0.15, 0.2) is 42.6 Å². The van der Waals surface area contributed by atoms with Crippen LogP contribution >= 0.6 is 11.6 Å². The maximum Gasteiger partial charge on any atom is 0.0708 e. The van der Waals surface area contributed by atoms with Crippen molar-refractivity contribution >= 4 is 28.1 Å². The predicted molar refractivity (Wildman–Crippen MR) is 77.8 cm³/mol. The van der Waals surface area contributed by atoms with Crippen molar-refractivity contribution in [2.24, 2.45) is 0 Å². The molecule has 1 aromatic heterocycles. The van der Waals surface area contributed by atoms with Gasteiger partial charge in [0.1, 0.15) is 0 Å². The van der Waals surface area contributed by atoms with Gasteiger partial charge in [-0.3, -0.25) is 4.98 Å². The molecule has 1 heterocycles. The Morgan fingerprint density at radius 2 is 2.06 bits per heavy atom. The molecule has 2 heteroatoms. The van der Waals surface area contributed by atoms with Crippen LogP contribution in [0, 0.1) is 0 Å². The van der Waals surface area contributed by atoms with Crippen LogP contribution in [0.3, 0.4) is 0 Å². The zero-order valence-electron chi connectivity index (χ0n) is 10.3. The summed E-state index contributed by atoms with van der Waals surface area (Å²) in [7, 11) is 0. The van der Waals surface area contributed by atoms with Gasteiger partial charge >= 0.3 is 0 Å². The molecular formula is C16H16ClN. The Morgan fingerprint density at radius 1 is 1.11 bits per heavy atom. The minimum atomic E-state index is 0.175. The van der Waals surface area contributed by atoms with Crippen molar-refractivity contribution in [3.63, 3.8) is 0 Å². The summed E-state index contributed by atoms with van der Waals surface area (Å²) in [5.74, 6) is 0. The van der Waals surface area contributed by atoms with Gasteiger partial charge in [0.15, 0.2) is 0 Å². The van der Waals surface area contributed by atoms with Gasteiger partial charge < -0.3 is 0 Å². The van der Waals surface area contributed by atoms with Crippen LogP contribution in [0.25, 0.3) is 16.5 Å². The van der Waals surface area contributed by atoms with E-state index >= 15 is 0 Å². The van der Waals surface area contributed by atoms with Crippen molar-refractivity contribution < 1.29 is 0 Å². The van der Waals surface area contributed by atoms with E-state index in [0.717, 1.165) is 18.4 Å². The third kappa shape index (κ3) is 2.28. The minimum Gasteiger partial charge on any atom is -0.256 e. The van der Waals surface area contributed by atoms with Crippen molar-refractivity contribution in [1.29, 1.82) is 0 Å². The number of rotatable bonds is 1. The van der Waals surface area contributed by atoms with Crippen LogP contribution in [0.2, 0.25) is 0 Å². The topological polar surface area (TPSA) is 12.9 Å². The number of alkyl halides is 1. The summed E-state index contributed by atoms with van der Waals surface area (Å²) in [6.07, 6.45) is 8.74. The highest BCUT2D eigenvalue weighted by atomic mass is 35.5. The van der Waals surface area contributed by atoms with Crippen molar-refractivity contribution in [2.45, 2.75) is 31.1 Å². The van der Waals surface area contributed by atoms with Crippen molar-refractivity contribution in [2.75, 3.05) is 0 Å². The molecule has 1 aliphatic carbocycles. The van der Waals surface area contributed by atoms with E-state index in [-0.39, 0.29) is 5.38 Å². The molecule has 0 N–H and O–H groups in total. The molecule has 18 heavy (non-hydrogen) atoms. The highest BCUT2D eigenvalue weighted by molar-refractivity contribution is 6.22. The molecule has 0 saturated heterocycles. The van der Waals surface area contributed by atoms with Crippen LogP contribution in [0.4, 0.5) is 0 Å². The lowest BCUT2D eigenvalue weighted by molar-refractivity contribution is 0.724. The Morgan fingerprint density at radius 3 is 3.00 bits per heavy atom. The van der Waals surface area contributed by atoms with E-state index in [2.05, 4.69) is 35.3 Å². The largest absolute Gasteiger partial charge is 0.256 e. The summed E-state index contributed by atoms with van der Waals surface area (Å²) in [5.41, 5.74) is 3.74. The maximum atomic E-state index is 6.32. The van der Waals surface area contributed by atoms with Gasteiger partial charge in [-0.1, -0.05) is 30.7 Å². The summed E-state index contributed by atoms with van der Waals surface area (Å²) in [6.45, 7) is 0. The molecule has 1 aromatic carbocycles. The molecule has 1 atom stereocenters. The zero-order chi connectivity index (χ0) is 12.4. The van der Waals surface area contributed by atoms with Gasteiger partial charge in [-0.2, -0.15) is 0 Å². The molecule has 0 bridgehead atoms. The summed E-state index contributed by atoms with van der Waals surface area (Å²) < 4.78 is 0. The fourth-order valence-electron chi connectivity index (χ4n) is 2.65. The van der Waals surface area contributed by atoms with Gasteiger partial charge in [0.25, 0.3) is 0 Å². The Bertz CT molecular complexity index is 583. The smallest absolute Gasteiger partial charge is 0.0708 e. The van der Waals surface area contributed by atoms with Gasteiger partial charge in [0.2, 0.25) is 0 Å². The molecule has 0 spiro atoms. The third-order valence-electron chi connectivity index (χ3n) is 3.55. The number of halogens is 1. The first-order chi connectivity index (χ1) is 8.84. The lowest BCUT2D eigenvalue weighted by Gasteiger charge is -2.09. The summed E-state index contributed by atoms with van der Waals surface area (Å²) >= 11 is 6.32. The van der Waals surface area contributed by atoms with Gasteiger partial charge in [-0.25, -0.2) is 0 Å². The number of fused-ring (bicyclic) bond motifs is 1. The van der Waals surface area contributed by atoms with Crippen molar-refractivity contribution in [3.05, 3.63) is 48.2 Å². The number of hydrogen-bond acceptors (Lipinski definition) is 1.